The van der Waals surface area contributed by atoms with Crippen LogP contribution in [-0.2, 0) is 40.5 Å². The predicted octanol–water partition coefficient (Wildman–Crippen LogP) is 2.53. The second kappa shape index (κ2) is 21.8. The molecular weight excluding hydrogens is 937 g/mol. The summed E-state index contributed by atoms with van der Waals surface area (Å²) in [4.78, 5) is 36.0. The van der Waals surface area contributed by atoms with Gasteiger partial charge in [-0.1, -0.05) is 60.7 Å². The van der Waals surface area contributed by atoms with Crippen molar-refractivity contribution in [1.82, 2.24) is 0 Å². The molecule has 0 aromatic heterocycles. The molecular formula is C35H30N4Na4O15S4. The molecule has 0 aliphatic heterocycles. The summed E-state index contributed by atoms with van der Waals surface area (Å²) in [5.41, 5.74) is -1.26. The Morgan fingerprint density at radius 3 is 0.984 bits per heavy atom. The molecule has 62 heavy (non-hydrogen) atoms. The molecule has 4 amide bonds. The molecule has 0 atom stereocenters. The van der Waals surface area contributed by atoms with Crippen LogP contribution in [0.1, 0.15) is 20.7 Å². The first-order valence-corrected chi connectivity index (χ1v) is 21.7. The zero-order chi connectivity index (χ0) is 42.4. The van der Waals surface area contributed by atoms with Gasteiger partial charge in [0.2, 0.25) is 0 Å². The van der Waals surface area contributed by atoms with Crippen LogP contribution in [0.3, 0.4) is 0 Å². The van der Waals surface area contributed by atoms with E-state index < -0.39 is 89.3 Å². The third-order valence-corrected chi connectivity index (χ3v) is 11.8. The number of hydrogen-bond donors (Lipinski definition) is 8. The van der Waals surface area contributed by atoms with E-state index in [4.69, 9.17) is 0 Å². The van der Waals surface area contributed by atoms with Gasteiger partial charge in [0.05, 0.1) is 11.4 Å². The first-order chi connectivity index (χ1) is 27.0. The fourth-order valence-corrected chi connectivity index (χ4v) is 8.83. The fraction of sp³-hybridized carbons (Fsp3) is 0. The van der Waals surface area contributed by atoms with Crippen molar-refractivity contribution in [2.75, 3.05) is 21.3 Å². The molecule has 6 aromatic carbocycles. The zero-order valence-corrected chi connectivity index (χ0v) is 32.1. The van der Waals surface area contributed by atoms with Crippen LogP contribution in [0.15, 0.2) is 129 Å². The van der Waals surface area contributed by atoms with Crippen molar-refractivity contribution >= 4 is 221 Å². The molecule has 0 unspecified atom stereocenters. The van der Waals surface area contributed by atoms with E-state index in [1.54, 1.807) is 0 Å². The van der Waals surface area contributed by atoms with E-state index in [1.165, 1.54) is 97.1 Å². The van der Waals surface area contributed by atoms with Crippen LogP contribution in [0.2, 0.25) is 0 Å². The van der Waals surface area contributed by atoms with Crippen molar-refractivity contribution in [3.8, 4) is 0 Å². The molecule has 19 nitrogen and oxygen atoms in total. The second-order valence-corrected chi connectivity index (χ2v) is 17.7. The molecule has 0 heterocycles. The molecule has 0 saturated carbocycles. The van der Waals surface area contributed by atoms with E-state index in [2.05, 4.69) is 21.3 Å². The maximum atomic E-state index is 13.4. The van der Waals surface area contributed by atoms with Crippen molar-refractivity contribution in [2.45, 2.75) is 19.6 Å². The number of hydrogen-bond acceptors (Lipinski definition) is 11. The molecule has 0 saturated heterocycles. The van der Waals surface area contributed by atoms with Crippen molar-refractivity contribution in [1.29, 1.82) is 0 Å². The standard InChI is InChI=1S/C35H26N4O15S4.4Na.4H/c40-33(38-31-25-13-3-1-11-23(25)27(55(43,44)45)17-29(31)57(49,50)51)19-7-5-9-21(15-19)36-35(42)37-22-10-6-8-20(16-22)34(41)39-32-26-14-4-2-12-24(26)28(56(46,47)48)18-30(32)58(52,53)54;;;;;;;;/h1-18H,(H,38,40)(H,39,41)(H2,36,37,42)(H,43,44,45)(H,46,47,48)(H,49,50,51)(H,52,53,54);;;;;;;;. The minimum atomic E-state index is -5.18. The zero-order valence-electron chi connectivity index (χ0n) is 28.8. The maximum absolute atomic E-state index is 13.4. The van der Waals surface area contributed by atoms with E-state index in [1.807, 2.05) is 0 Å². The van der Waals surface area contributed by atoms with Crippen LogP contribution in [-0.4, -0.2) is 188 Å². The Bertz CT molecular complexity index is 3000. The number of carbonyl (C=O) groups is 3. The van der Waals surface area contributed by atoms with E-state index in [0.29, 0.717) is 12.1 Å². The average Bonchev–Trinajstić information content (AvgIpc) is 3.13. The van der Waals surface area contributed by atoms with Gasteiger partial charge in [0.1, 0.15) is 19.6 Å². The summed E-state index contributed by atoms with van der Waals surface area (Å²) in [5, 5.41) is 8.93. The first-order valence-electron chi connectivity index (χ1n) is 15.9. The van der Waals surface area contributed by atoms with Crippen molar-refractivity contribution in [2.24, 2.45) is 0 Å². The molecule has 6 aromatic rings. The number of carbonyl (C=O) groups excluding carboxylic acids is 3. The van der Waals surface area contributed by atoms with Gasteiger partial charge in [-0.25, -0.2) is 4.79 Å². The Hall–Kier alpha value is -2.31. The Labute approximate surface area is 442 Å². The number of anilines is 4. The van der Waals surface area contributed by atoms with Gasteiger partial charge in [-0.2, -0.15) is 33.7 Å². The van der Waals surface area contributed by atoms with Crippen LogP contribution < -0.4 is 21.3 Å². The topological polar surface area (TPSA) is 317 Å². The van der Waals surface area contributed by atoms with Crippen LogP contribution in [0.25, 0.3) is 21.5 Å². The second-order valence-electron chi connectivity index (χ2n) is 12.1. The molecule has 0 bridgehead atoms. The molecule has 0 aliphatic rings. The Kier molecular flexibility index (Phi) is 19.6. The van der Waals surface area contributed by atoms with Crippen LogP contribution >= 0.6 is 0 Å². The third-order valence-electron chi connectivity index (χ3n) is 8.29. The van der Waals surface area contributed by atoms with Crippen molar-refractivity contribution < 1.29 is 66.3 Å². The minimum absolute atomic E-state index is 0. The summed E-state index contributed by atoms with van der Waals surface area (Å²) in [5.74, 6) is -1.93. The quantitative estimate of drug-likeness (QED) is 0.0723. The van der Waals surface area contributed by atoms with Gasteiger partial charge in [-0.3, -0.25) is 27.8 Å². The summed E-state index contributed by atoms with van der Waals surface area (Å²) in [7, 11) is -20.4. The van der Waals surface area contributed by atoms with Gasteiger partial charge in [0, 0.05) is 44.0 Å². The fourth-order valence-electron chi connectivity index (χ4n) is 5.87. The average molecular weight is 967 g/mol. The van der Waals surface area contributed by atoms with Gasteiger partial charge < -0.3 is 21.3 Å². The van der Waals surface area contributed by atoms with E-state index in [0.717, 1.165) is 0 Å². The molecule has 6 rings (SSSR count). The Morgan fingerprint density at radius 1 is 0.371 bits per heavy atom. The van der Waals surface area contributed by atoms with E-state index in [-0.39, 0.29) is 162 Å². The van der Waals surface area contributed by atoms with Crippen molar-refractivity contribution in [3.63, 3.8) is 0 Å². The molecule has 308 valence electrons. The van der Waals surface area contributed by atoms with Gasteiger partial charge in [-0.15, -0.1) is 0 Å². The monoisotopic (exact) mass is 966 g/mol. The first kappa shape index (κ1) is 55.8. The molecule has 8 N–H and O–H groups in total. The molecule has 0 radical (unpaired) electrons. The number of urea groups is 1. The molecule has 0 aliphatic carbocycles. The number of amides is 4. The number of benzene rings is 6. The number of nitrogens with one attached hydrogen (secondary N) is 4. The van der Waals surface area contributed by atoms with E-state index in [9.17, 15) is 66.3 Å². The summed E-state index contributed by atoms with van der Waals surface area (Å²) in [6.45, 7) is 0. The molecule has 27 heteroatoms. The Balaban J connectivity index is 0.00000331. The SMILES string of the molecule is O=C(Nc1cccc(C(=O)Nc2c(S(=O)(=O)O)cc(S(=O)(=O)O)c3ccccc23)c1)Nc1cccc(C(=O)Nc2c(S(=O)(=O)O)cc(S(=O)(=O)O)c3ccccc23)c1.[NaH].[NaH].[NaH].[NaH]. The summed E-state index contributed by atoms with van der Waals surface area (Å²) in [6.07, 6.45) is 0. The van der Waals surface area contributed by atoms with Crippen molar-refractivity contribution in [3.05, 3.63) is 120 Å². The van der Waals surface area contributed by atoms with Crippen LogP contribution in [0.5, 0.6) is 0 Å². The van der Waals surface area contributed by atoms with Crippen LogP contribution in [0.4, 0.5) is 27.5 Å². The predicted molar refractivity (Wildman–Crippen MR) is 237 cm³/mol. The van der Waals surface area contributed by atoms with Crippen LogP contribution in [0, 0.1) is 0 Å². The molecule has 0 fully saturated rings. The summed E-state index contributed by atoms with van der Waals surface area (Å²) in [6, 6.07) is 21.0. The van der Waals surface area contributed by atoms with E-state index >= 15 is 0 Å². The molecule has 0 spiro atoms. The van der Waals surface area contributed by atoms with Gasteiger partial charge >= 0.3 is 124 Å². The van der Waals surface area contributed by atoms with Gasteiger partial charge in [0.15, 0.2) is 0 Å². The summed E-state index contributed by atoms with van der Waals surface area (Å²) < 4.78 is 137. The summed E-state index contributed by atoms with van der Waals surface area (Å²) >= 11 is 0. The Morgan fingerprint density at radius 2 is 0.677 bits per heavy atom. The third kappa shape index (κ3) is 12.9. The number of fused-ring (bicyclic) bond motifs is 2. The van der Waals surface area contributed by atoms with Gasteiger partial charge in [0.25, 0.3) is 52.3 Å². The number of rotatable bonds is 10. The normalized spacial score (nSPS) is 11.4. The van der Waals surface area contributed by atoms with Gasteiger partial charge in [-0.05, 0) is 48.5 Å².